The summed E-state index contributed by atoms with van der Waals surface area (Å²) in [5.41, 5.74) is 5.54. The van der Waals surface area contributed by atoms with Crippen LogP contribution >= 0.6 is 0 Å². The van der Waals surface area contributed by atoms with Gasteiger partial charge in [-0.3, -0.25) is 9.48 Å². The highest BCUT2D eigenvalue weighted by molar-refractivity contribution is 5.94. The minimum absolute atomic E-state index is 0.0366. The van der Waals surface area contributed by atoms with E-state index in [2.05, 4.69) is 15.6 Å². The van der Waals surface area contributed by atoms with Crippen LogP contribution in [0.1, 0.15) is 30.8 Å². The number of ether oxygens (including phenoxy) is 1. The normalized spacial score (nSPS) is 13.6. The van der Waals surface area contributed by atoms with Crippen LogP contribution < -0.4 is 11.1 Å². The molecule has 1 aromatic rings. The van der Waals surface area contributed by atoms with E-state index in [0.29, 0.717) is 13.1 Å². The fraction of sp³-hybridized carbons (Fsp3) is 0.667. The largest absolute Gasteiger partial charge is 0.467 e. The molecule has 0 aromatic carbocycles. The van der Waals surface area contributed by atoms with Crippen molar-refractivity contribution in [1.82, 2.24) is 20.3 Å². The highest BCUT2D eigenvalue weighted by atomic mass is 16.5. The third-order valence-corrected chi connectivity index (χ3v) is 3.08. The van der Waals surface area contributed by atoms with Crippen molar-refractivity contribution in [2.45, 2.75) is 32.9 Å². The first-order chi connectivity index (χ1) is 9.53. The molecule has 3 N–H and O–H groups in total. The number of carbonyl (C=O) groups excluding carboxylic acids is 2. The Morgan fingerprint density at radius 1 is 1.55 bits per heavy atom. The van der Waals surface area contributed by atoms with Gasteiger partial charge in [0.05, 0.1) is 19.9 Å². The highest BCUT2D eigenvalue weighted by Gasteiger charge is 2.27. The van der Waals surface area contributed by atoms with Crippen LogP contribution in [0.2, 0.25) is 0 Å². The fourth-order valence-electron chi connectivity index (χ4n) is 1.66. The molecule has 20 heavy (non-hydrogen) atoms. The third kappa shape index (κ3) is 4.02. The van der Waals surface area contributed by atoms with Crippen molar-refractivity contribution in [2.24, 2.45) is 11.7 Å². The zero-order valence-electron chi connectivity index (χ0n) is 12.0. The maximum atomic E-state index is 12.0. The summed E-state index contributed by atoms with van der Waals surface area (Å²) in [7, 11) is 1.29. The lowest BCUT2D eigenvalue weighted by Crippen LogP contribution is -2.45. The number of amides is 1. The Kier molecular flexibility index (Phi) is 6.10. The Hall–Kier alpha value is -1.96. The number of nitrogens with one attached hydrogen (secondary N) is 1. The van der Waals surface area contributed by atoms with Gasteiger partial charge in [-0.1, -0.05) is 25.5 Å². The summed E-state index contributed by atoms with van der Waals surface area (Å²) in [6.45, 7) is 4.69. The molecule has 2 atom stereocenters. The molecule has 8 nitrogen and oxygen atoms in total. The predicted molar refractivity (Wildman–Crippen MR) is 71.8 cm³/mol. The molecule has 1 amide bonds. The molecule has 0 radical (unpaired) electrons. The van der Waals surface area contributed by atoms with E-state index < -0.39 is 17.9 Å². The molecule has 0 saturated carbocycles. The number of esters is 1. The Balaban J connectivity index is 2.76. The Morgan fingerprint density at radius 2 is 2.25 bits per heavy atom. The van der Waals surface area contributed by atoms with Crippen LogP contribution in [0, 0.1) is 5.92 Å². The number of nitrogens with zero attached hydrogens (tertiary/aromatic N) is 3. The molecule has 0 aliphatic rings. The Bertz CT molecular complexity index is 460. The minimum atomic E-state index is -0.697. The smallest absolute Gasteiger partial charge is 0.328 e. The van der Waals surface area contributed by atoms with Crippen molar-refractivity contribution in [1.29, 1.82) is 0 Å². The van der Waals surface area contributed by atoms with Gasteiger partial charge in [-0.25, -0.2) is 4.79 Å². The number of nitrogens with two attached hydrogens (primary N) is 1. The molecule has 2 unspecified atom stereocenters. The second kappa shape index (κ2) is 7.59. The van der Waals surface area contributed by atoms with Crippen LogP contribution in [0.4, 0.5) is 0 Å². The lowest BCUT2D eigenvalue weighted by atomic mass is 9.99. The number of aromatic nitrogens is 3. The van der Waals surface area contributed by atoms with Gasteiger partial charge in [0.2, 0.25) is 0 Å². The molecular formula is C12H21N5O3. The van der Waals surface area contributed by atoms with Crippen LogP contribution in [0.3, 0.4) is 0 Å². The van der Waals surface area contributed by atoms with Crippen molar-refractivity contribution in [2.75, 3.05) is 13.7 Å². The molecule has 112 valence electrons. The molecular weight excluding hydrogens is 262 g/mol. The van der Waals surface area contributed by atoms with Crippen LogP contribution in [0.15, 0.2) is 6.20 Å². The van der Waals surface area contributed by atoms with Gasteiger partial charge in [0.15, 0.2) is 5.69 Å². The van der Waals surface area contributed by atoms with Crippen molar-refractivity contribution >= 4 is 11.9 Å². The second-order valence-electron chi connectivity index (χ2n) is 4.52. The summed E-state index contributed by atoms with van der Waals surface area (Å²) in [6, 6.07) is -0.697. The summed E-state index contributed by atoms with van der Waals surface area (Å²) in [5.74, 6) is -0.962. The number of carbonyl (C=O) groups is 2. The van der Waals surface area contributed by atoms with E-state index in [9.17, 15) is 9.59 Å². The Labute approximate surface area is 117 Å². The highest BCUT2D eigenvalue weighted by Crippen LogP contribution is 2.10. The first kappa shape index (κ1) is 16.1. The summed E-state index contributed by atoms with van der Waals surface area (Å²) in [6.07, 6.45) is 2.23. The van der Waals surface area contributed by atoms with Gasteiger partial charge in [-0.15, -0.1) is 5.10 Å². The van der Waals surface area contributed by atoms with E-state index in [0.717, 1.165) is 6.42 Å². The molecule has 0 aliphatic heterocycles. The number of hydrogen-bond donors (Lipinski definition) is 2. The first-order valence-electron chi connectivity index (χ1n) is 6.52. The number of rotatable bonds is 7. The third-order valence-electron chi connectivity index (χ3n) is 3.08. The Morgan fingerprint density at radius 3 is 2.80 bits per heavy atom. The standard InChI is InChI=1S/C12H21N5O3/c1-4-8(2)10(12(19)20-3)14-11(18)9-7-17(6-5-13)16-15-9/h7-8,10H,4-6,13H2,1-3H3,(H,14,18). The monoisotopic (exact) mass is 283 g/mol. The molecule has 1 aromatic heterocycles. The summed E-state index contributed by atoms with van der Waals surface area (Å²) in [4.78, 5) is 23.7. The molecule has 0 fully saturated rings. The maximum Gasteiger partial charge on any atom is 0.328 e. The molecule has 0 bridgehead atoms. The van der Waals surface area contributed by atoms with Crippen molar-refractivity contribution in [3.8, 4) is 0 Å². The van der Waals surface area contributed by atoms with Gasteiger partial charge < -0.3 is 15.8 Å². The average Bonchev–Trinajstić information content (AvgIpc) is 2.92. The molecule has 0 aliphatic carbocycles. The van der Waals surface area contributed by atoms with Crippen LogP contribution in [-0.2, 0) is 16.1 Å². The topological polar surface area (TPSA) is 112 Å². The molecule has 0 saturated heterocycles. The van der Waals surface area contributed by atoms with Gasteiger partial charge >= 0.3 is 5.97 Å². The van der Waals surface area contributed by atoms with Crippen molar-refractivity contribution in [3.63, 3.8) is 0 Å². The maximum absolute atomic E-state index is 12.0. The molecule has 0 spiro atoms. The van der Waals surface area contributed by atoms with E-state index in [4.69, 9.17) is 10.5 Å². The van der Waals surface area contributed by atoms with Crippen LogP contribution in [-0.4, -0.2) is 46.6 Å². The van der Waals surface area contributed by atoms with E-state index in [1.807, 2.05) is 13.8 Å². The molecule has 8 heteroatoms. The first-order valence-corrected chi connectivity index (χ1v) is 6.52. The average molecular weight is 283 g/mol. The lowest BCUT2D eigenvalue weighted by molar-refractivity contribution is -0.144. The predicted octanol–water partition coefficient (Wildman–Crippen LogP) is -0.446. The van der Waals surface area contributed by atoms with Gasteiger partial charge in [-0.2, -0.15) is 0 Å². The number of hydrogen-bond acceptors (Lipinski definition) is 6. The zero-order valence-corrected chi connectivity index (χ0v) is 12.0. The van der Waals surface area contributed by atoms with E-state index in [1.54, 1.807) is 0 Å². The van der Waals surface area contributed by atoms with Gasteiger partial charge in [0, 0.05) is 6.54 Å². The van der Waals surface area contributed by atoms with E-state index in [-0.39, 0.29) is 11.6 Å². The van der Waals surface area contributed by atoms with Gasteiger partial charge in [-0.05, 0) is 5.92 Å². The number of methoxy groups -OCH3 is 1. The van der Waals surface area contributed by atoms with Crippen molar-refractivity contribution in [3.05, 3.63) is 11.9 Å². The second-order valence-corrected chi connectivity index (χ2v) is 4.52. The zero-order chi connectivity index (χ0) is 15.1. The van der Waals surface area contributed by atoms with Gasteiger partial charge in [0.1, 0.15) is 6.04 Å². The molecule has 1 rings (SSSR count). The van der Waals surface area contributed by atoms with Crippen LogP contribution in [0.25, 0.3) is 0 Å². The summed E-state index contributed by atoms with van der Waals surface area (Å²) < 4.78 is 6.18. The van der Waals surface area contributed by atoms with Crippen molar-refractivity contribution < 1.29 is 14.3 Å². The van der Waals surface area contributed by atoms with Gasteiger partial charge in [0.25, 0.3) is 5.91 Å². The SMILES string of the molecule is CCC(C)C(NC(=O)c1cn(CCN)nn1)C(=O)OC. The lowest BCUT2D eigenvalue weighted by Gasteiger charge is -2.21. The minimum Gasteiger partial charge on any atom is -0.467 e. The van der Waals surface area contributed by atoms with E-state index >= 15 is 0 Å². The van der Waals surface area contributed by atoms with Crippen LogP contribution in [0.5, 0.6) is 0 Å². The quantitative estimate of drug-likeness (QED) is 0.656. The van der Waals surface area contributed by atoms with E-state index in [1.165, 1.54) is 18.0 Å². The molecule has 1 heterocycles. The fourth-order valence-corrected chi connectivity index (χ4v) is 1.66. The summed E-state index contributed by atoms with van der Waals surface area (Å²) >= 11 is 0. The summed E-state index contributed by atoms with van der Waals surface area (Å²) in [5, 5.41) is 10.2.